The molecule has 27 heavy (non-hydrogen) atoms. The highest BCUT2D eigenvalue weighted by Crippen LogP contribution is 2.27. The summed E-state index contributed by atoms with van der Waals surface area (Å²) in [5, 5.41) is 0.473. The fraction of sp³-hybridized carbons (Fsp3) is 0.316. The van der Waals surface area contributed by atoms with Gasteiger partial charge in [0.1, 0.15) is 5.75 Å². The van der Waals surface area contributed by atoms with Crippen LogP contribution in [-0.4, -0.2) is 34.0 Å². The first-order chi connectivity index (χ1) is 12.9. The Balaban J connectivity index is 1.61. The number of hydrogen-bond acceptors (Lipinski definition) is 4. The Kier molecular flexibility index (Phi) is 6.04. The smallest absolute Gasteiger partial charge is 0.240 e. The predicted octanol–water partition coefficient (Wildman–Crippen LogP) is 3.07. The molecule has 1 heterocycles. The lowest BCUT2D eigenvalue weighted by Crippen LogP contribution is -2.31. The van der Waals surface area contributed by atoms with E-state index in [4.69, 9.17) is 16.3 Å². The second-order valence-electron chi connectivity index (χ2n) is 6.31. The van der Waals surface area contributed by atoms with Crippen molar-refractivity contribution in [3.8, 4) is 5.75 Å². The molecule has 1 fully saturated rings. The van der Waals surface area contributed by atoms with E-state index < -0.39 is 10.0 Å². The molecule has 1 aliphatic rings. The van der Waals surface area contributed by atoms with Crippen LogP contribution in [0.1, 0.15) is 13.3 Å². The van der Waals surface area contributed by atoms with Crippen LogP contribution in [-0.2, 0) is 14.8 Å². The number of carbonyl (C=O) groups is 1. The highest BCUT2D eigenvalue weighted by Gasteiger charge is 2.31. The molecule has 2 aromatic rings. The average molecular weight is 409 g/mol. The van der Waals surface area contributed by atoms with Crippen LogP contribution >= 0.6 is 11.6 Å². The number of rotatable bonds is 7. The highest BCUT2D eigenvalue weighted by molar-refractivity contribution is 7.89. The predicted molar refractivity (Wildman–Crippen MR) is 105 cm³/mol. The van der Waals surface area contributed by atoms with Crippen molar-refractivity contribution in [2.75, 3.05) is 24.6 Å². The van der Waals surface area contributed by atoms with Crippen molar-refractivity contribution in [2.45, 2.75) is 18.2 Å². The quantitative estimate of drug-likeness (QED) is 0.763. The van der Waals surface area contributed by atoms with Crippen molar-refractivity contribution < 1.29 is 17.9 Å². The van der Waals surface area contributed by atoms with Crippen molar-refractivity contribution in [3.05, 3.63) is 53.6 Å². The van der Waals surface area contributed by atoms with Crippen molar-refractivity contribution >= 4 is 33.2 Å². The normalized spacial score (nSPS) is 17.3. The van der Waals surface area contributed by atoms with Gasteiger partial charge in [0.15, 0.2) is 0 Å². The van der Waals surface area contributed by atoms with Gasteiger partial charge in [0.25, 0.3) is 0 Å². The van der Waals surface area contributed by atoms with Gasteiger partial charge in [-0.15, -0.1) is 0 Å². The Morgan fingerprint density at radius 2 is 1.81 bits per heavy atom. The summed E-state index contributed by atoms with van der Waals surface area (Å²) in [4.78, 5) is 14.2. The number of anilines is 1. The fourth-order valence-corrected chi connectivity index (χ4v) is 4.22. The molecule has 1 amide bonds. The molecule has 0 aromatic heterocycles. The summed E-state index contributed by atoms with van der Waals surface area (Å²) in [7, 11) is -3.63. The first-order valence-electron chi connectivity index (χ1n) is 8.67. The van der Waals surface area contributed by atoms with Gasteiger partial charge in [-0.1, -0.05) is 11.6 Å². The van der Waals surface area contributed by atoms with Crippen molar-refractivity contribution in [2.24, 2.45) is 5.92 Å². The number of halogens is 1. The largest absolute Gasteiger partial charge is 0.494 e. The summed E-state index contributed by atoms with van der Waals surface area (Å²) in [6, 6.07) is 13.3. The number of nitrogens with one attached hydrogen (secondary N) is 1. The van der Waals surface area contributed by atoms with E-state index in [9.17, 15) is 13.2 Å². The minimum atomic E-state index is -3.63. The second kappa shape index (κ2) is 8.29. The minimum Gasteiger partial charge on any atom is -0.494 e. The molecule has 1 unspecified atom stereocenters. The molecule has 0 saturated carbocycles. The molecular weight excluding hydrogens is 388 g/mol. The summed E-state index contributed by atoms with van der Waals surface area (Å²) in [6.07, 6.45) is 0.302. The van der Waals surface area contributed by atoms with E-state index in [-0.39, 0.29) is 23.3 Å². The SMILES string of the molecule is CCOc1ccc(N2CC(CNS(=O)(=O)c3ccc(Cl)cc3)CC2=O)cc1. The third kappa shape index (κ3) is 4.80. The van der Waals surface area contributed by atoms with Gasteiger partial charge in [-0.05, 0) is 61.4 Å². The maximum absolute atomic E-state index is 12.4. The maximum atomic E-state index is 12.4. The third-order valence-electron chi connectivity index (χ3n) is 4.35. The average Bonchev–Trinajstić information content (AvgIpc) is 3.02. The fourth-order valence-electron chi connectivity index (χ4n) is 2.98. The van der Waals surface area contributed by atoms with Crippen molar-refractivity contribution in [1.29, 1.82) is 0 Å². The molecule has 1 atom stereocenters. The number of nitrogens with zero attached hydrogens (tertiary/aromatic N) is 1. The van der Waals surface area contributed by atoms with Crippen molar-refractivity contribution in [3.63, 3.8) is 0 Å². The van der Waals surface area contributed by atoms with Crippen LogP contribution in [0.2, 0.25) is 5.02 Å². The lowest BCUT2D eigenvalue weighted by molar-refractivity contribution is -0.117. The van der Waals surface area contributed by atoms with Gasteiger partial charge in [0.2, 0.25) is 15.9 Å². The molecule has 1 aliphatic heterocycles. The zero-order valence-electron chi connectivity index (χ0n) is 14.9. The van der Waals surface area contributed by atoms with Gasteiger partial charge in [-0.25, -0.2) is 13.1 Å². The third-order valence-corrected chi connectivity index (χ3v) is 6.04. The van der Waals surface area contributed by atoms with Crippen LogP contribution in [0, 0.1) is 5.92 Å². The molecule has 0 bridgehead atoms. The van der Waals surface area contributed by atoms with E-state index in [2.05, 4.69) is 4.72 Å². The molecule has 8 heteroatoms. The zero-order valence-corrected chi connectivity index (χ0v) is 16.5. The molecule has 0 spiro atoms. The standard InChI is InChI=1S/C19H21ClN2O4S/c1-2-26-17-7-5-16(6-8-17)22-13-14(11-19(22)23)12-21-27(24,25)18-9-3-15(20)4-10-18/h3-10,14,21H,2,11-13H2,1H3. The van der Waals surface area contributed by atoms with Gasteiger partial charge in [0, 0.05) is 30.2 Å². The minimum absolute atomic E-state index is 0.0187. The van der Waals surface area contributed by atoms with Crippen LogP contribution < -0.4 is 14.4 Å². The monoisotopic (exact) mass is 408 g/mol. The number of benzene rings is 2. The first-order valence-corrected chi connectivity index (χ1v) is 10.5. The summed E-state index contributed by atoms with van der Waals surface area (Å²) < 4.78 is 32.7. The maximum Gasteiger partial charge on any atom is 0.240 e. The number of carbonyl (C=O) groups excluding carboxylic acids is 1. The Morgan fingerprint density at radius 1 is 1.15 bits per heavy atom. The van der Waals surface area contributed by atoms with E-state index in [1.807, 2.05) is 31.2 Å². The Bertz CT molecular complexity index is 898. The topological polar surface area (TPSA) is 75.7 Å². The molecule has 0 aliphatic carbocycles. The lowest BCUT2D eigenvalue weighted by atomic mass is 10.1. The van der Waals surface area contributed by atoms with E-state index in [1.165, 1.54) is 24.3 Å². The molecule has 3 rings (SSSR count). The number of sulfonamides is 1. The van der Waals surface area contributed by atoms with E-state index in [0.717, 1.165) is 11.4 Å². The Hall–Kier alpha value is -2.09. The van der Waals surface area contributed by atoms with Gasteiger partial charge in [-0.3, -0.25) is 4.79 Å². The van der Waals surface area contributed by atoms with E-state index >= 15 is 0 Å². The molecule has 2 aromatic carbocycles. The van der Waals surface area contributed by atoms with Gasteiger partial charge in [-0.2, -0.15) is 0 Å². The molecule has 0 radical (unpaired) electrons. The molecule has 1 saturated heterocycles. The van der Waals surface area contributed by atoms with Crippen LogP contribution in [0.5, 0.6) is 5.75 Å². The molecule has 144 valence electrons. The van der Waals surface area contributed by atoms with Crippen LogP contribution in [0.25, 0.3) is 0 Å². The van der Waals surface area contributed by atoms with E-state index in [0.29, 0.717) is 24.6 Å². The summed E-state index contributed by atoms with van der Waals surface area (Å²) >= 11 is 5.79. The Labute approximate surface area is 164 Å². The first kappa shape index (κ1) is 19.7. The van der Waals surface area contributed by atoms with Crippen LogP contribution in [0.15, 0.2) is 53.4 Å². The van der Waals surface area contributed by atoms with Gasteiger partial charge in [0.05, 0.1) is 11.5 Å². The van der Waals surface area contributed by atoms with Gasteiger partial charge < -0.3 is 9.64 Å². The summed E-state index contributed by atoms with van der Waals surface area (Å²) in [5.74, 6) is 0.640. The molecule has 1 N–H and O–H groups in total. The van der Waals surface area contributed by atoms with E-state index in [1.54, 1.807) is 4.90 Å². The number of ether oxygens (including phenoxy) is 1. The van der Waals surface area contributed by atoms with Crippen molar-refractivity contribution in [1.82, 2.24) is 4.72 Å². The Morgan fingerprint density at radius 3 is 2.44 bits per heavy atom. The molecular formula is C19H21ClN2O4S. The second-order valence-corrected chi connectivity index (χ2v) is 8.51. The van der Waals surface area contributed by atoms with Crippen LogP contribution in [0.3, 0.4) is 0 Å². The zero-order chi connectivity index (χ0) is 19.4. The van der Waals surface area contributed by atoms with Crippen LogP contribution in [0.4, 0.5) is 5.69 Å². The number of hydrogen-bond donors (Lipinski definition) is 1. The lowest BCUT2D eigenvalue weighted by Gasteiger charge is -2.17. The highest BCUT2D eigenvalue weighted by atomic mass is 35.5. The summed E-state index contributed by atoms with van der Waals surface area (Å²) in [5.41, 5.74) is 0.784. The van der Waals surface area contributed by atoms with Gasteiger partial charge >= 0.3 is 0 Å². The molecule has 6 nitrogen and oxygen atoms in total. The summed E-state index contributed by atoms with van der Waals surface area (Å²) in [6.45, 7) is 3.16. The number of amides is 1.